The lowest BCUT2D eigenvalue weighted by Crippen LogP contribution is -2.37. The smallest absolute Gasteiger partial charge is 0.354 e. The molecule has 1 amide bonds. The third-order valence-corrected chi connectivity index (χ3v) is 5.31. The Balaban J connectivity index is 1.42. The molecule has 1 atom stereocenters. The van der Waals surface area contributed by atoms with Crippen molar-refractivity contribution >= 4 is 17.4 Å². The highest BCUT2D eigenvalue weighted by Gasteiger charge is 2.34. The maximum absolute atomic E-state index is 12.8. The fraction of sp³-hybridized carbons (Fsp3) is 0.318. The predicted molar refractivity (Wildman–Crippen MR) is 111 cm³/mol. The minimum Gasteiger partial charge on any atom is -0.354 e. The summed E-state index contributed by atoms with van der Waals surface area (Å²) in [7, 11) is 0. The van der Waals surface area contributed by atoms with Gasteiger partial charge in [0.15, 0.2) is 5.69 Å². The fourth-order valence-corrected chi connectivity index (χ4v) is 3.62. The maximum atomic E-state index is 12.8. The number of anilines is 2. The van der Waals surface area contributed by atoms with E-state index in [4.69, 9.17) is 0 Å². The van der Waals surface area contributed by atoms with Crippen molar-refractivity contribution in [1.82, 2.24) is 14.8 Å². The molecule has 0 radical (unpaired) electrons. The SMILES string of the molecule is Cc1ccc(NC(=O)c2ccc(N3CCCC(n4ccc(C(F)(F)F)n4)C3)nc2)cc1. The zero-order chi connectivity index (χ0) is 22.0. The largest absolute Gasteiger partial charge is 0.435 e. The third-order valence-electron chi connectivity index (χ3n) is 5.31. The van der Waals surface area contributed by atoms with Crippen LogP contribution in [0.25, 0.3) is 0 Å². The zero-order valence-electron chi connectivity index (χ0n) is 16.9. The van der Waals surface area contributed by atoms with Crippen LogP contribution >= 0.6 is 0 Å². The summed E-state index contributed by atoms with van der Waals surface area (Å²) in [6.45, 7) is 3.22. The number of benzene rings is 1. The van der Waals surface area contributed by atoms with Gasteiger partial charge in [0.2, 0.25) is 0 Å². The van der Waals surface area contributed by atoms with Gasteiger partial charge in [-0.1, -0.05) is 17.7 Å². The first kappa shape index (κ1) is 20.9. The molecule has 1 aliphatic rings. The molecular formula is C22H22F3N5O. The predicted octanol–water partition coefficient (Wildman–Crippen LogP) is 4.70. The summed E-state index contributed by atoms with van der Waals surface area (Å²) in [4.78, 5) is 18.9. The van der Waals surface area contributed by atoms with Gasteiger partial charge in [-0.25, -0.2) is 4.98 Å². The second kappa shape index (κ2) is 8.41. The number of hydrogen-bond donors (Lipinski definition) is 1. The molecule has 3 aromatic rings. The van der Waals surface area contributed by atoms with Crippen LogP contribution in [0, 0.1) is 6.92 Å². The zero-order valence-corrected chi connectivity index (χ0v) is 16.9. The Kier molecular flexibility index (Phi) is 5.67. The number of alkyl halides is 3. The Morgan fingerprint density at radius 1 is 1.13 bits per heavy atom. The first-order valence-electron chi connectivity index (χ1n) is 10.0. The van der Waals surface area contributed by atoms with Crippen LogP contribution in [0.5, 0.6) is 0 Å². The number of carbonyl (C=O) groups excluding carboxylic acids is 1. The van der Waals surface area contributed by atoms with E-state index < -0.39 is 11.9 Å². The van der Waals surface area contributed by atoms with E-state index in [9.17, 15) is 18.0 Å². The molecule has 4 rings (SSSR count). The number of carbonyl (C=O) groups is 1. The molecule has 2 aromatic heterocycles. The van der Waals surface area contributed by atoms with Gasteiger partial charge in [0.05, 0.1) is 11.6 Å². The fourth-order valence-electron chi connectivity index (χ4n) is 3.62. The highest BCUT2D eigenvalue weighted by molar-refractivity contribution is 6.04. The lowest BCUT2D eigenvalue weighted by Gasteiger charge is -2.33. The average Bonchev–Trinajstić information content (AvgIpc) is 3.27. The normalized spacial score (nSPS) is 16.9. The minimum atomic E-state index is -4.45. The van der Waals surface area contributed by atoms with Crippen molar-refractivity contribution in [3.8, 4) is 0 Å². The Hall–Kier alpha value is -3.36. The molecule has 1 saturated heterocycles. The molecule has 0 bridgehead atoms. The number of rotatable bonds is 4. The second-order valence-corrected chi connectivity index (χ2v) is 7.65. The molecule has 0 spiro atoms. The van der Waals surface area contributed by atoms with Crippen LogP contribution in [-0.4, -0.2) is 33.8 Å². The molecular weight excluding hydrogens is 407 g/mol. The van der Waals surface area contributed by atoms with Gasteiger partial charge in [-0.15, -0.1) is 0 Å². The van der Waals surface area contributed by atoms with E-state index >= 15 is 0 Å². The number of aryl methyl sites for hydroxylation is 1. The van der Waals surface area contributed by atoms with Crippen molar-refractivity contribution in [3.63, 3.8) is 0 Å². The number of nitrogens with zero attached hydrogens (tertiary/aromatic N) is 4. The van der Waals surface area contributed by atoms with E-state index in [1.54, 1.807) is 12.1 Å². The number of amides is 1. The Bertz CT molecular complexity index is 1040. The first-order valence-corrected chi connectivity index (χ1v) is 10.0. The van der Waals surface area contributed by atoms with Gasteiger partial charge in [0.1, 0.15) is 5.82 Å². The minimum absolute atomic E-state index is 0.170. The summed E-state index contributed by atoms with van der Waals surface area (Å²) < 4.78 is 39.9. The Morgan fingerprint density at radius 3 is 2.55 bits per heavy atom. The van der Waals surface area contributed by atoms with E-state index in [-0.39, 0.29) is 11.9 Å². The molecule has 9 heteroatoms. The quantitative estimate of drug-likeness (QED) is 0.653. The molecule has 162 valence electrons. The monoisotopic (exact) mass is 429 g/mol. The molecule has 1 aromatic carbocycles. The number of hydrogen-bond acceptors (Lipinski definition) is 4. The summed E-state index contributed by atoms with van der Waals surface area (Å²) in [6, 6.07) is 11.8. The highest BCUT2D eigenvalue weighted by atomic mass is 19.4. The van der Waals surface area contributed by atoms with Gasteiger partial charge in [-0.05, 0) is 50.1 Å². The van der Waals surface area contributed by atoms with Crippen molar-refractivity contribution < 1.29 is 18.0 Å². The lowest BCUT2D eigenvalue weighted by atomic mass is 10.1. The molecule has 3 heterocycles. The van der Waals surface area contributed by atoms with Crippen LogP contribution in [-0.2, 0) is 6.18 Å². The van der Waals surface area contributed by atoms with Gasteiger partial charge < -0.3 is 10.2 Å². The van der Waals surface area contributed by atoms with Crippen molar-refractivity contribution in [2.75, 3.05) is 23.3 Å². The van der Waals surface area contributed by atoms with Gasteiger partial charge in [0, 0.05) is 31.2 Å². The van der Waals surface area contributed by atoms with Gasteiger partial charge >= 0.3 is 6.18 Å². The topological polar surface area (TPSA) is 63.1 Å². The van der Waals surface area contributed by atoms with Crippen LogP contribution in [0.2, 0.25) is 0 Å². The van der Waals surface area contributed by atoms with Gasteiger partial charge in [0.25, 0.3) is 5.91 Å². The van der Waals surface area contributed by atoms with Crippen molar-refractivity contribution in [1.29, 1.82) is 0 Å². The molecule has 1 aliphatic heterocycles. The average molecular weight is 429 g/mol. The first-order chi connectivity index (χ1) is 14.8. The molecule has 1 unspecified atom stereocenters. The lowest BCUT2D eigenvalue weighted by molar-refractivity contribution is -0.141. The van der Waals surface area contributed by atoms with Crippen LogP contribution in [0.1, 0.15) is 40.5 Å². The molecule has 0 saturated carbocycles. The van der Waals surface area contributed by atoms with Gasteiger partial charge in [-0.3, -0.25) is 9.48 Å². The summed E-state index contributed by atoms with van der Waals surface area (Å²) in [5.74, 6) is 0.426. The maximum Gasteiger partial charge on any atom is 0.435 e. The van der Waals surface area contributed by atoms with Crippen LogP contribution in [0.15, 0.2) is 54.9 Å². The van der Waals surface area contributed by atoms with Crippen molar-refractivity contribution in [2.24, 2.45) is 0 Å². The second-order valence-electron chi connectivity index (χ2n) is 7.65. The summed E-state index contributed by atoms with van der Waals surface area (Å²) in [6.07, 6.45) is -0.00700. The van der Waals surface area contributed by atoms with Gasteiger partial charge in [-0.2, -0.15) is 18.3 Å². The number of aromatic nitrogens is 3. The third kappa shape index (κ3) is 4.87. The Labute approximate surface area is 177 Å². The van der Waals surface area contributed by atoms with Crippen molar-refractivity contribution in [2.45, 2.75) is 32.0 Å². The number of pyridine rings is 1. The number of nitrogens with one attached hydrogen (secondary N) is 1. The highest BCUT2D eigenvalue weighted by Crippen LogP contribution is 2.30. The molecule has 1 N–H and O–H groups in total. The molecule has 0 aliphatic carbocycles. The number of piperidine rings is 1. The Morgan fingerprint density at radius 2 is 1.90 bits per heavy atom. The van der Waals surface area contributed by atoms with E-state index in [0.717, 1.165) is 31.0 Å². The van der Waals surface area contributed by atoms with Crippen molar-refractivity contribution in [3.05, 3.63) is 71.7 Å². The van der Waals surface area contributed by atoms with Crippen LogP contribution in [0.3, 0.4) is 0 Å². The van der Waals surface area contributed by atoms with Crippen LogP contribution < -0.4 is 10.2 Å². The van der Waals surface area contributed by atoms with E-state index in [1.807, 2.05) is 36.1 Å². The molecule has 31 heavy (non-hydrogen) atoms. The summed E-state index contributed by atoms with van der Waals surface area (Å²) in [5.41, 5.74) is 1.36. The standard InChI is InChI=1S/C22H22F3N5O/c1-15-4-7-17(8-5-15)27-21(31)16-6-9-20(26-13-16)29-11-2-3-18(14-29)30-12-10-19(28-30)22(23,24)25/h4-10,12-13,18H,2-3,11,14H2,1H3,(H,27,31). The van der Waals surface area contributed by atoms with E-state index in [0.29, 0.717) is 23.6 Å². The van der Waals surface area contributed by atoms with Crippen LogP contribution in [0.4, 0.5) is 24.7 Å². The number of halogens is 3. The molecule has 6 nitrogen and oxygen atoms in total. The summed E-state index contributed by atoms with van der Waals surface area (Å²) in [5, 5.41) is 6.54. The van der Waals surface area contributed by atoms with E-state index in [2.05, 4.69) is 15.4 Å². The summed E-state index contributed by atoms with van der Waals surface area (Å²) >= 11 is 0. The van der Waals surface area contributed by atoms with E-state index in [1.165, 1.54) is 17.1 Å². The molecule has 1 fully saturated rings.